The second-order valence-corrected chi connectivity index (χ2v) is 5.36. The number of fused-ring (bicyclic) bond motifs is 1. The maximum absolute atomic E-state index is 11.8. The molecule has 2 aromatic carbocycles. The van der Waals surface area contributed by atoms with Crippen molar-refractivity contribution in [1.82, 2.24) is 19.5 Å². The number of aromatic nitrogens is 4. The number of para-hydroxylation sites is 1. The van der Waals surface area contributed by atoms with Gasteiger partial charge in [0, 0.05) is 18.1 Å². The molecular weight excluding hydrogens is 288 g/mol. The highest BCUT2D eigenvalue weighted by Crippen LogP contribution is 2.19. The highest BCUT2D eigenvalue weighted by molar-refractivity contribution is 5.78. The molecule has 4 aromatic rings. The van der Waals surface area contributed by atoms with Gasteiger partial charge in [0.2, 0.25) is 0 Å². The third-order valence-electron chi connectivity index (χ3n) is 3.87. The molecule has 0 radical (unpaired) electrons. The maximum Gasteiger partial charge on any atom is 0.258 e. The summed E-state index contributed by atoms with van der Waals surface area (Å²) in [7, 11) is 0. The van der Waals surface area contributed by atoms with Crippen LogP contribution in [-0.4, -0.2) is 19.5 Å². The van der Waals surface area contributed by atoms with Gasteiger partial charge in [0.15, 0.2) is 0 Å². The number of nitrogens with one attached hydrogen (secondary N) is 1. The van der Waals surface area contributed by atoms with Crippen LogP contribution in [0.4, 0.5) is 0 Å². The summed E-state index contributed by atoms with van der Waals surface area (Å²) >= 11 is 0. The first-order valence-electron chi connectivity index (χ1n) is 7.34. The van der Waals surface area contributed by atoms with Crippen molar-refractivity contribution in [2.24, 2.45) is 0 Å². The molecule has 5 heteroatoms. The van der Waals surface area contributed by atoms with E-state index in [4.69, 9.17) is 0 Å². The first kappa shape index (κ1) is 13.5. The van der Waals surface area contributed by atoms with Gasteiger partial charge in [0.25, 0.3) is 5.56 Å². The molecule has 112 valence electrons. The number of imidazole rings is 1. The molecule has 23 heavy (non-hydrogen) atoms. The van der Waals surface area contributed by atoms with Crippen LogP contribution in [0.25, 0.3) is 16.6 Å². The van der Waals surface area contributed by atoms with Crippen LogP contribution in [0.15, 0.2) is 72.3 Å². The summed E-state index contributed by atoms with van der Waals surface area (Å²) in [6, 6.07) is 14.0. The molecule has 0 spiro atoms. The Kier molecular flexibility index (Phi) is 3.24. The van der Waals surface area contributed by atoms with Gasteiger partial charge in [-0.05, 0) is 35.7 Å². The lowest BCUT2D eigenvalue weighted by atomic mass is 10.0. The molecule has 2 heterocycles. The topological polar surface area (TPSA) is 63.6 Å². The van der Waals surface area contributed by atoms with E-state index in [0.717, 1.165) is 17.7 Å². The Bertz CT molecular complexity index is 1020. The van der Waals surface area contributed by atoms with Crippen LogP contribution in [0.1, 0.15) is 11.1 Å². The summed E-state index contributed by atoms with van der Waals surface area (Å²) in [5.41, 5.74) is 4.01. The van der Waals surface area contributed by atoms with E-state index in [2.05, 4.69) is 27.1 Å². The molecule has 0 amide bonds. The van der Waals surface area contributed by atoms with Gasteiger partial charge in [-0.1, -0.05) is 24.3 Å². The number of rotatable bonds is 3. The van der Waals surface area contributed by atoms with Crippen molar-refractivity contribution in [1.29, 1.82) is 0 Å². The largest absolute Gasteiger partial charge is 0.313 e. The van der Waals surface area contributed by atoms with Gasteiger partial charge in [0.1, 0.15) is 0 Å². The van der Waals surface area contributed by atoms with E-state index < -0.39 is 0 Å². The van der Waals surface area contributed by atoms with Gasteiger partial charge in [-0.2, -0.15) is 0 Å². The van der Waals surface area contributed by atoms with Crippen LogP contribution >= 0.6 is 0 Å². The molecule has 0 fully saturated rings. The number of H-pyrrole nitrogens is 1. The third kappa shape index (κ3) is 2.53. The van der Waals surface area contributed by atoms with Gasteiger partial charge in [-0.15, -0.1) is 0 Å². The summed E-state index contributed by atoms with van der Waals surface area (Å²) in [6.45, 7) is 0. The van der Waals surface area contributed by atoms with Crippen molar-refractivity contribution in [3.05, 3.63) is 89.0 Å². The van der Waals surface area contributed by atoms with Crippen LogP contribution in [0.5, 0.6) is 0 Å². The van der Waals surface area contributed by atoms with Crippen molar-refractivity contribution >= 4 is 10.9 Å². The first-order valence-corrected chi connectivity index (χ1v) is 7.34. The van der Waals surface area contributed by atoms with Gasteiger partial charge < -0.3 is 9.55 Å². The van der Waals surface area contributed by atoms with Gasteiger partial charge in [-0.3, -0.25) is 4.79 Å². The molecule has 1 N–H and O–H groups in total. The Balaban J connectivity index is 1.76. The van der Waals surface area contributed by atoms with E-state index >= 15 is 0 Å². The van der Waals surface area contributed by atoms with Crippen LogP contribution in [0.2, 0.25) is 0 Å². The summed E-state index contributed by atoms with van der Waals surface area (Å²) in [6.07, 6.45) is 7.69. The molecule has 5 nitrogen and oxygen atoms in total. The molecule has 0 aliphatic heterocycles. The Hall–Kier alpha value is -3.21. The Labute approximate surface area is 132 Å². The molecule has 0 saturated carbocycles. The van der Waals surface area contributed by atoms with E-state index in [1.807, 2.05) is 41.1 Å². The van der Waals surface area contributed by atoms with Crippen LogP contribution in [-0.2, 0) is 6.42 Å². The summed E-state index contributed by atoms with van der Waals surface area (Å²) in [5.74, 6) is 0. The minimum Gasteiger partial charge on any atom is -0.313 e. The lowest BCUT2D eigenvalue weighted by molar-refractivity contribution is 1.02. The summed E-state index contributed by atoms with van der Waals surface area (Å²) in [5, 5.41) is 0.610. The Morgan fingerprint density at radius 2 is 2.04 bits per heavy atom. The maximum atomic E-state index is 11.8. The van der Waals surface area contributed by atoms with Crippen molar-refractivity contribution in [2.45, 2.75) is 6.42 Å². The van der Waals surface area contributed by atoms with Crippen LogP contribution < -0.4 is 5.56 Å². The van der Waals surface area contributed by atoms with Gasteiger partial charge in [-0.25, -0.2) is 9.97 Å². The quantitative estimate of drug-likeness (QED) is 0.633. The van der Waals surface area contributed by atoms with Crippen LogP contribution in [0.3, 0.4) is 0 Å². The van der Waals surface area contributed by atoms with Gasteiger partial charge in [0.05, 0.1) is 23.6 Å². The number of aromatic amines is 1. The highest BCUT2D eigenvalue weighted by atomic mass is 16.1. The predicted octanol–water partition coefficient (Wildman–Crippen LogP) is 2.70. The molecule has 4 rings (SSSR count). The van der Waals surface area contributed by atoms with Crippen molar-refractivity contribution < 1.29 is 0 Å². The van der Waals surface area contributed by atoms with Crippen molar-refractivity contribution in [2.75, 3.05) is 0 Å². The fourth-order valence-electron chi connectivity index (χ4n) is 2.76. The second kappa shape index (κ2) is 5.53. The zero-order valence-corrected chi connectivity index (χ0v) is 12.3. The lowest BCUT2D eigenvalue weighted by Gasteiger charge is -2.10. The van der Waals surface area contributed by atoms with E-state index in [0.29, 0.717) is 10.9 Å². The minimum atomic E-state index is -0.111. The van der Waals surface area contributed by atoms with E-state index in [1.165, 1.54) is 11.9 Å². The van der Waals surface area contributed by atoms with E-state index in [9.17, 15) is 4.79 Å². The lowest BCUT2D eigenvalue weighted by Crippen LogP contribution is -2.06. The smallest absolute Gasteiger partial charge is 0.258 e. The molecule has 0 saturated heterocycles. The van der Waals surface area contributed by atoms with Gasteiger partial charge >= 0.3 is 0 Å². The Morgan fingerprint density at radius 3 is 2.91 bits per heavy atom. The fourth-order valence-corrected chi connectivity index (χ4v) is 2.76. The monoisotopic (exact) mass is 302 g/mol. The van der Waals surface area contributed by atoms with Crippen molar-refractivity contribution in [3.63, 3.8) is 0 Å². The van der Waals surface area contributed by atoms with E-state index in [1.54, 1.807) is 12.5 Å². The zero-order chi connectivity index (χ0) is 15.6. The number of hydrogen-bond donors (Lipinski definition) is 1. The average Bonchev–Trinajstić information content (AvgIpc) is 3.10. The van der Waals surface area contributed by atoms with Crippen LogP contribution in [0, 0.1) is 0 Å². The number of benzene rings is 2. The standard InChI is InChI=1S/C18H14N4O/c23-18-15-6-5-13(10-16(15)20-11-21-18)9-14-3-1-2-4-17(14)22-8-7-19-12-22/h1-8,10-12H,9H2,(H,20,21,23). The predicted molar refractivity (Wildman–Crippen MR) is 88.7 cm³/mol. The average molecular weight is 302 g/mol. The summed E-state index contributed by atoms with van der Waals surface area (Å²) < 4.78 is 2.00. The first-order chi connectivity index (χ1) is 11.3. The summed E-state index contributed by atoms with van der Waals surface area (Å²) in [4.78, 5) is 22.7. The molecule has 0 atom stereocenters. The molecule has 0 aliphatic rings. The molecule has 0 bridgehead atoms. The number of nitrogens with zero attached hydrogens (tertiary/aromatic N) is 3. The molecule has 0 aliphatic carbocycles. The van der Waals surface area contributed by atoms with E-state index in [-0.39, 0.29) is 5.56 Å². The Morgan fingerprint density at radius 1 is 1.13 bits per heavy atom. The normalized spacial score (nSPS) is 11.0. The highest BCUT2D eigenvalue weighted by Gasteiger charge is 2.06. The molecule has 2 aromatic heterocycles. The minimum absolute atomic E-state index is 0.111. The molecular formula is C18H14N4O. The molecule has 0 unspecified atom stereocenters. The fraction of sp³-hybridized carbons (Fsp3) is 0.0556. The SMILES string of the molecule is O=c1[nH]cnc2cc(Cc3ccccc3-n3ccnc3)ccc12. The van der Waals surface area contributed by atoms with Crippen molar-refractivity contribution in [3.8, 4) is 5.69 Å². The second-order valence-electron chi connectivity index (χ2n) is 5.36. The zero-order valence-electron chi connectivity index (χ0n) is 12.3. The third-order valence-corrected chi connectivity index (χ3v) is 3.87. The number of hydrogen-bond acceptors (Lipinski definition) is 3.